The lowest BCUT2D eigenvalue weighted by atomic mass is 9.80. The third-order valence-electron chi connectivity index (χ3n) is 2.74. The second kappa shape index (κ2) is 7.85. The maximum atomic E-state index is 5.72. The highest BCUT2D eigenvalue weighted by atomic mass is 16.6. The Morgan fingerprint density at radius 3 is 2.33 bits per heavy atom. The SMILES string of the molecule is CCCOB(OCCC)c1ccc(-c2nnn(C)n2)nc1. The highest BCUT2D eigenvalue weighted by molar-refractivity contribution is 6.61. The van der Waals surface area contributed by atoms with Gasteiger partial charge < -0.3 is 9.31 Å². The molecule has 2 heterocycles. The summed E-state index contributed by atoms with van der Waals surface area (Å²) < 4.78 is 11.4. The number of aromatic nitrogens is 5. The van der Waals surface area contributed by atoms with Gasteiger partial charge in [-0.05, 0) is 24.1 Å². The Bertz CT molecular complexity index is 538. The van der Waals surface area contributed by atoms with E-state index >= 15 is 0 Å². The van der Waals surface area contributed by atoms with Crippen LogP contribution >= 0.6 is 0 Å². The Labute approximate surface area is 124 Å². The molecule has 0 saturated heterocycles. The van der Waals surface area contributed by atoms with E-state index in [0.29, 0.717) is 24.7 Å². The van der Waals surface area contributed by atoms with Crippen molar-refractivity contribution < 1.29 is 9.31 Å². The maximum absolute atomic E-state index is 5.72. The first-order chi connectivity index (χ1) is 10.2. The molecule has 0 N–H and O–H groups in total. The van der Waals surface area contributed by atoms with Crippen LogP contribution in [0.2, 0.25) is 0 Å². The molecule has 8 heteroatoms. The molecule has 0 aliphatic carbocycles. The van der Waals surface area contributed by atoms with Crippen molar-refractivity contribution in [3.8, 4) is 11.5 Å². The second-order valence-corrected chi connectivity index (χ2v) is 4.65. The minimum Gasteiger partial charge on any atom is -0.407 e. The molecule has 0 amide bonds. The molecule has 0 radical (unpaired) electrons. The highest BCUT2D eigenvalue weighted by Gasteiger charge is 2.21. The summed E-state index contributed by atoms with van der Waals surface area (Å²) in [5.41, 5.74) is 1.57. The Morgan fingerprint density at radius 1 is 1.14 bits per heavy atom. The van der Waals surface area contributed by atoms with Gasteiger partial charge in [0, 0.05) is 24.9 Å². The number of hydrogen-bond acceptors (Lipinski definition) is 6. The van der Waals surface area contributed by atoms with Gasteiger partial charge in [0.2, 0.25) is 5.82 Å². The molecular formula is C13H20BN5O2. The van der Waals surface area contributed by atoms with Gasteiger partial charge in [-0.1, -0.05) is 19.9 Å². The van der Waals surface area contributed by atoms with Gasteiger partial charge in [0.1, 0.15) is 5.69 Å². The zero-order valence-corrected chi connectivity index (χ0v) is 12.7. The minimum atomic E-state index is -0.374. The Morgan fingerprint density at radius 2 is 1.86 bits per heavy atom. The third kappa shape index (κ3) is 4.34. The standard InChI is InChI=1S/C13H20BN5O2/c1-4-8-20-14(21-9-5-2)11-6-7-12(15-10-11)13-16-18-19(3)17-13/h6-7,10H,4-5,8-9H2,1-3H3. The summed E-state index contributed by atoms with van der Waals surface area (Å²) >= 11 is 0. The number of nitrogens with zero attached hydrogens (tertiary/aromatic N) is 5. The second-order valence-electron chi connectivity index (χ2n) is 4.65. The van der Waals surface area contributed by atoms with E-state index in [2.05, 4.69) is 34.2 Å². The first kappa shape index (κ1) is 15.6. The zero-order valence-electron chi connectivity index (χ0n) is 12.7. The van der Waals surface area contributed by atoms with Crippen LogP contribution in [-0.2, 0) is 16.4 Å². The predicted octanol–water partition coefficient (Wildman–Crippen LogP) is 0.820. The lowest BCUT2D eigenvalue weighted by molar-refractivity contribution is 0.207. The maximum Gasteiger partial charge on any atom is 0.495 e. The van der Waals surface area contributed by atoms with Crippen LogP contribution < -0.4 is 5.46 Å². The highest BCUT2D eigenvalue weighted by Crippen LogP contribution is 2.08. The van der Waals surface area contributed by atoms with Crippen LogP contribution in [0, 0.1) is 0 Å². The summed E-state index contributed by atoms with van der Waals surface area (Å²) in [5, 5.41) is 11.9. The van der Waals surface area contributed by atoms with Gasteiger partial charge in [0.25, 0.3) is 0 Å². The van der Waals surface area contributed by atoms with Crippen LogP contribution in [0.5, 0.6) is 0 Å². The number of pyridine rings is 1. The van der Waals surface area contributed by atoms with Gasteiger partial charge in [-0.15, -0.1) is 10.2 Å². The topological polar surface area (TPSA) is 75.0 Å². The monoisotopic (exact) mass is 289 g/mol. The molecule has 21 heavy (non-hydrogen) atoms. The summed E-state index contributed by atoms with van der Waals surface area (Å²) in [6.07, 6.45) is 3.63. The Hall–Kier alpha value is -1.80. The zero-order chi connectivity index (χ0) is 15.1. The van der Waals surface area contributed by atoms with Gasteiger partial charge in [-0.2, -0.15) is 4.80 Å². The van der Waals surface area contributed by atoms with Crippen LogP contribution in [0.15, 0.2) is 18.3 Å². The summed E-state index contributed by atoms with van der Waals surface area (Å²) in [7, 11) is 1.35. The van der Waals surface area contributed by atoms with Crippen LogP contribution in [0.3, 0.4) is 0 Å². The smallest absolute Gasteiger partial charge is 0.407 e. The Balaban J connectivity index is 2.10. The van der Waals surface area contributed by atoms with Crippen molar-refractivity contribution in [2.45, 2.75) is 26.7 Å². The van der Waals surface area contributed by atoms with Crippen LogP contribution in [-0.4, -0.2) is 45.5 Å². The molecule has 0 aliphatic heterocycles. The normalized spacial score (nSPS) is 10.8. The van der Waals surface area contributed by atoms with Crippen molar-refractivity contribution >= 4 is 12.6 Å². The van der Waals surface area contributed by atoms with Crippen molar-refractivity contribution in [2.75, 3.05) is 13.2 Å². The molecule has 0 aliphatic rings. The van der Waals surface area contributed by atoms with E-state index in [0.717, 1.165) is 18.3 Å². The van der Waals surface area contributed by atoms with Crippen LogP contribution in [0.25, 0.3) is 11.5 Å². The Kier molecular flexibility index (Phi) is 5.83. The van der Waals surface area contributed by atoms with Gasteiger partial charge in [-0.3, -0.25) is 4.98 Å². The van der Waals surface area contributed by atoms with Gasteiger partial charge >= 0.3 is 7.12 Å². The lowest BCUT2D eigenvalue weighted by Gasteiger charge is -2.13. The molecule has 2 aromatic rings. The molecule has 7 nitrogen and oxygen atoms in total. The van der Waals surface area contributed by atoms with E-state index in [-0.39, 0.29) is 7.12 Å². The molecule has 0 fully saturated rings. The molecule has 0 unspecified atom stereocenters. The largest absolute Gasteiger partial charge is 0.495 e. The van der Waals surface area contributed by atoms with Crippen LogP contribution in [0.1, 0.15) is 26.7 Å². The van der Waals surface area contributed by atoms with Crippen molar-refractivity contribution in [3.05, 3.63) is 18.3 Å². The lowest BCUT2D eigenvalue weighted by Crippen LogP contribution is -2.37. The van der Waals surface area contributed by atoms with E-state index < -0.39 is 0 Å². The molecule has 0 atom stereocenters. The number of tetrazole rings is 1. The summed E-state index contributed by atoms with van der Waals surface area (Å²) in [5.74, 6) is 0.504. The molecule has 2 aromatic heterocycles. The van der Waals surface area contributed by atoms with Crippen molar-refractivity contribution in [1.29, 1.82) is 0 Å². The summed E-state index contributed by atoms with van der Waals surface area (Å²) in [6.45, 7) is 5.44. The molecule has 0 spiro atoms. The summed E-state index contributed by atoms with van der Waals surface area (Å²) in [6, 6.07) is 3.78. The number of rotatable bonds is 8. The molecule has 112 valence electrons. The average molecular weight is 289 g/mol. The number of aryl methyl sites for hydroxylation is 1. The fourth-order valence-electron chi connectivity index (χ4n) is 1.75. The van der Waals surface area contributed by atoms with E-state index in [1.807, 2.05) is 12.1 Å². The predicted molar refractivity (Wildman–Crippen MR) is 79.9 cm³/mol. The molecule has 0 bridgehead atoms. The van der Waals surface area contributed by atoms with Gasteiger partial charge in [0.05, 0.1) is 7.05 Å². The van der Waals surface area contributed by atoms with Gasteiger partial charge in [-0.25, -0.2) is 0 Å². The van der Waals surface area contributed by atoms with Crippen LogP contribution in [0.4, 0.5) is 0 Å². The van der Waals surface area contributed by atoms with E-state index in [4.69, 9.17) is 9.31 Å². The quantitative estimate of drug-likeness (QED) is 0.670. The molecule has 0 aromatic carbocycles. The summed E-state index contributed by atoms with van der Waals surface area (Å²) in [4.78, 5) is 5.77. The minimum absolute atomic E-state index is 0.374. The fourth-order valence-corrected chi connectivity index (χ4v) is 1.75. The molecular weight excluding hydrogens is 269 g/mol. The van der Waals surface area contributed by atoms with Crippen molar-refractivity contribution in [2.24, 2.45) is 7.05 Å². The first-order valence-electron chi connectivity index (χ1n) is 7.18. The van der Waals surface area contributed by atoms with Gasteiger partial charge in [0.15, 0.2) is 0 Å². The third-order valence-corrected chi connectivity index (χ3v) is 2.74. The van der Waals surface area contributed by atoms with E-state index in [1.54, 1.807) is 13.2 Å². The average Bonchev–Trinajstić information content (AvgIpc) is 2.94. The first-order valence-corrected chi connectivity index (χ1v) is 7.18. The van der Waals surface area contributed by atoms with E-state index in [1.165, 1.54) is 4.80 Å². The van der Waals surface area contributed by atoms with Crippen molar-refractivity contribution in [1.82, 2.24) is 25.2 Å². The van der Waals surface area contributed by atoms with Crippen molar-refractivity contribution in [3.63, 3.8) is 0 Å². The number of hydrogen-bond donors (Lipinski definition) is 0. The molecule has 0 saturated carbocycles. The molecule has 2 rings (SSSR count). The van der Waals surface area contributed by atoms with E-state index in [9.17, 15) is 0 Å². The fraction of sp³-hybridized carbons (Fsp3) is 0.538.